The number of hydrogen-bond donors (Lipinski definition) is 0. The molecule has 0 saturated carbocycles. The van der Waals surface area contributed by atoms with Crippen LogP contribution >= 0.6 is 0 Å². The minimum atomic E-state index is -0.861. The second-order valence-electron chi connectivity index (χ2n) is 12.1. The molecule has 0 aromatic heterocycles. The van der Waals surface area contributed by atoms with Gasteiger partial charge in [0, 0.05) is 18.8 Å². The molecule has 3 aromatic carbocycles. The van der Waals surface area contributed by atoms with Crippen LogP contribution in [0.1, 0.15) is 83.4 Å². The molecule has 2 fully saturated rings. The van der Waals surface area contributed by atoms with E-state index in [4.69, 9.17) is 37.9 Å². The van der Waals surface area contributed by atoms with Crippen LogP contribution in [-0.4, -0.2) is 68.4 Å². The maximum Gasteiger partial charge on any atom is 0.513 e. The summed E-state index contributed by atoms with van der Waals surface area (Å²) in [6.07, 6.45) is 2.22. The van der Waals surface area contributed by atoms with Crippen molar-refractivity contribution in [3.05, 3.63) is 89.5 Å². The minimum absolute atomic E-state index is 0.0652. The molecule has 0 amide bonds. The molecule has 51 heavy (non-hydrogen) atoms. The Morgan fingerprint density at radius 2 is 1.14 bits per heavy atom. The van der Waals surface area contributed by atoms with Gasteiger partial charge in [0.2, 0.25) is 6.29 Å². The van der Waals surface area contributed by atoms with Crippen LogP contribution in [-0.2, 0) is 28.5 Å². The zero-order chi connectivity index (χ0) is 36.2. The lowest BCUT2D eigenvalue weighted by atomic mass is 10.0. The zero-order valence-corrected chi connectivity index (χ0v) is 28.4. The fourth-order valence-electron chi connectivity index (χ4n) is 5.38. The number of hydrogen-bond acceptors (Lipinski definition) is 13. The number of rotatable bonds is 15. The molecule has 13 heteroatoms. The summed E-state index contributed by atoms with van der Waals surface area (Å²) in [5.41, 5.74) is 0.698. The summed E-state index contributed by atoms with van der Waals surface area (Å²) in [5, 5.41) is 0. The van der Waals surface area contributed by atoms with Crippen molar-refractivity contribution in [1.29, 1.82) is 0 Å². The molecule has 2 aliphatic heterocycles. The van der Waals surface area contributed by atoms with E-state index in [2.05, 4.69) is 0 Å². The van der Waals surface area contributed by atoms with Crippen molar-refractivity contribution in [2.24, 2.45) is 5.92 Å². The Morgan fingerprint density at radius 1 is 0.647 bits per heavy atom. The summed E-state index contributed by atoms with van der Waals surface area (Å²) >= 11 is 0. The van der Waals surface area contributed by atoms with Crippen LogP contribution in [0.25, 0.3) is 0 Å². The average molecular weight is 705 g/mol. The topological polar surface area (TPSA) is 159 Å². The first kappa shape index (κ1) is 37.0. The minimum Gasteiger partial charge on any atom is -0.466 e. The molecule has 0 radical (unpaired) electrons. The quantitative estimate of drug-likeness (QED) is 0.0558. The first-order valence-corrected chi connectivity index (χ1v) is 16.9. The second kappa shape index (κ2) is 18.1. The van der Waals surface area contributed by atoms with E-state index in [0.29, 0.717) is 32.5 Å². The molecule has 3 aromatic rings. The molecule has 13 nitrogen and oxygen atoms in total. The summed E-state index contributed by atoms with van der Waals surface area (Å²) in [7, 11) is 0. The Hall–Kier alpha value is -5.27. The summed E-state index contributed by atoms with van der Waals surface area (Å²) < 4.78 is 43.0. The molecule has 4 atom stereocenters. The van der Waals surface area contributed by atoms with E-state index < -0.39 is 30.4 Å². The fraction of sp³-hybridized carbons (Fsp3) is 0.395. The third-order valence-corrected chi connectivity index (χ3v) is 8.18. The van der Waals surface area contributed by atoms with E-state index in [-0.39, 0.29) is 64.6 Å². The normalized spacial score (nSPS) is 19.0. The molecule has 2 heterocycles. The number of ether oxygens (including phenoxy) is 8. The molecule has 0 aliphatic carbocycles. The summed E-state index contributed by atoms with van der Waals surface area (Å²) in [6.45, 7) is 4.98. The Bertz CT molecular complexity index is 1650. The van der Waals surface area contributed by atoms with Gasteiger partial charge in [-0.05, 0) is 98.5 Å². The van der Waals surface area contributed by atoms with Crippen LogP contribution in [0.15, 0.2) is 72.8 Å². The van der Waals surface area contributed by atoms with Gasteiger partial charge in [-0.15, -0.1) is 0 Å². The number of unbranched alkanes of at least 4 members (excludes halogenated alkanes) is 3. The standard InChI is InChI=1S/C38H40O13/c1-3-32(39)44-20-6-4-5-7-21-45-38(43)49-30-18-12-26(13-19-30)36(41)47-28-14-8-25(9-15-28)35(40)48-29-16-10-27(11-17-29)37(42)51-33-22-31-34(50-33)24(2)23-46-31/h8-19,24,31,33-34H,3-7,20-23H2,1-2H3/t24-,31?,33-,34?/m1/s1. The molecule has 2 unspecified atom stereocenters. The van der Waals surface area contributed by atoms with Crippen molar-refractivity contribution in [2.45, 2.75) is 70.9 Å². The van der Waals surface area contributed by atoms with Gasteiger partial charge in [0.15, 0.2) is 0 Å². The lowest BCUT2D eigenvalue weighted by Crippen LogP contribution is -2.22. The molecule has 0 bridgehead atoms. The van der Waals surface area contributed by atoms with Gasteiger partial charge < -0.3 is 37.9 Å². The van der Waals surface area contributed by atoms with Gasteiger partial charge >= 0.3 is 30.0 Å². The van der Waals surface area contributed by atoms with Gasteiger partial charge in [-0.25, -0.2) is 19.2 Å². The van der Waals surface area contributed by atoms with Crippen LogP contribution in [0.5, 0.6) is 17.2 Å². The van der Waals surface area contributed by atoms with Crippen molar-refractivity contribution >= 4 is 30.0 Å². The number of carbonyl (C=O) groups excluding carboxylic acids is 5. The zero-order valence-electron chi connectivity index (χ0n) is 28.4. The first-order chi connectivity index (χ1) is 24.7. The van der Waals surface area contributed by atoms with Crippen molar-refractivity contribution in [3.63, 3.8) is 0 Å². The van der Waals surface area contributed by atoms with Crippen LogP contribution in [0.2, 0.25) is 0 Å². The smallest absolute Gasteiger partial charge is 0.466 e. The van der Waals surface area contributed by atoms with E-state index in [1.807, 2.05) is 6.92 Å². The molecular weight excluding hydrogens is 664 g/mol. The highest BCUT2D eigenvalue weighted by molar-refractivity contribution is 5.93. The van der Waals surface area contributed by atoms with Crippen molar-refractivity contribution < 1.29 is 61.9 Å². The van der Waals surface area contributed by atoms with Crippen molar-refractivity contribution in [2.75, 3.05) is 19.8 Å². The van der Waals surface area contributed by atoms with Gasteiger partial charge in [-0.3, -0.25) is 4.79 Å². The molecule has 270 valence electrons. The molecule has 5 rings (SSSR count). The van der Waals surface area contributed by atoms with Gasteiger partial charge in [0.25, 0.3) is 0 Å². The Balaban J connectivity index is 0.995. The highest BCUT2D eigenvalue weighted by Crippen LogP contribution is 2.34. The summed E-state index contributed by atoms with van der Waals surface area (Å²) in [5.74, 6) is -1.22. The Morgan fingerprint density at radius 3 is 1.65 bits per heavy atom. The van der Waals surface area contributed by atoms with E-state index >= 15 is 0 Å². The Kier molecular flexibility index (Phi) is 13.1. The third kappa shape index (κ3) is 10.9. The number of carbonyl (C=O) groups is 5. The van der Waals surface area contributed by atoms with E-state index in [1.54, 1.807) is 6.92 Å². The van der Waals surface area contributed by atoms with Crippen LogP contribution in [0.4, 0.5) is 4.79 Å². The number of benzene rings is 3. The Labute approximate surface area is 295 Å². The van der Waals surface area contributed by atoms with Gasteiger partial charge in [-0.1, -0.05) is 13.8 Å². The maximum atomic E-state index is 12.7. The lowest BCUT2D eigenvalue weighted by Gasteiger charge is -2.15. The highest BCUT2D eigenvalue weighted by atomic mass is 16.7. The summed E-state index contributed by atoms with van der Waals surface area (Å²) in [6, 6.07) is 17.5. The molecular formula is C38H40O13. The van der Waals surface area contributed by atoms with Crippen molar-refractivity contribution in [1.82, 2.24) is 0 Å². The molecule has 0 spiro atoms. The largest absolute Gasteiger partial charge is 0.513 e. The van der Waals surface area contributed by atoms with Crippen LogP contribution in [0.3, 0.4) is 0 Å². The molecule has 2 saturated heterocycles. The van der Waals surface area contributed by atoms with E-state index in [1.165, 1.54) is 72.8 Å². The lowest BCUT2D eigenvalue weighted by molar-refractivity contribution is -0.143. The SMILES string of the molecule is CCC(=O)OCCCCCCOC(=O)Oc1ccc(C(=O)Oc2ccc(C(=O)Oc3ccc(C(=O)O[C@@H]4CC5OC[C@@H](C)C5O4)cc3)cc2)cc1. The predicted octanol–water partition coefficient (Wildman–Crippen LogP) is 6.46. The second-order valence-corrected chi connectivity index (χ2v) is 12.1. The van der Waals surface area contributed by atoms with E-state index in [9.17, 15) is 24.0 Å². The number of esters is 4. The molecule has 2 aliphatic rings. The van der Waals surface area contributed by atoms with Gasteiger partial charge in [0.05, 0.1) is 48.7 Å². The first-order valence-electron chi connectivity index (χ1n) is 16.9. The van der Waals surface area contributed by atoms with Crippen molar-refractivity contribution in [3.8, 4) is 17.2 Å². The van der Waals surface area contributed by atoms with Crippen LogP contribution < -0.4 is 14.2 Å². The highest BCUT2D eigenvalue weighted by Gasteiger charge is 2.45. The third-order valence-electron chi connectivity index (χ3n) is 8.18. The van der Waals surface area contributed by atoms with Gasteiger partial charge in [0.1, 0.15) is 17.2 Å². The fourth-order valence-corrected chi connectivity index (χ4v) is 5.38. The number of fused-ring (bicyclic) bond motifs is 1. The average Bonchev–Trinajstić information content (AvgIpc) is 3.70. The maximum absolute atomic E-state index is 12.7. The molecule has 0 N–H and O–H groups in total. The van der Waals surface area contributed by atoms with Crippen LogP contribution in [0, 0.1) is 5.92 Å². The summed E-state index contributed by atoms with van der Waals surface area (Å²) in [4.78, 5) is 61.0. The van der Waals surface area contributed by atoms with Gasteiger partial charge in [-0.2, -0.15) is 0 Å². The monoisotopic (exact) mass is 704 g/mol. The van der Waals surface area contributed by atoms with E-state index in [0.717, 1.165) is 19.3 Å². The predicted molar refractivity (Wildman–Crippen MR) is 179 cm³/mol.